The summed E-state index contributed by atoms with van der Waals surface area (Å²) in [4.78, 5) is 0. The van der Waals surface area contributed by atoms with Gasteiger partial charge >= 0.3 is 0 Å². The van der Waals surface area contributed by atoms with Gasteiger partial charge in [-0.15, -0.1) is 0 Å². The molecule has 0 N–H and O–H groups in total. The molecule has 18 heavy (non-hydrogen) atoms. The lowest BCUT2D eigenvalue weighted by atomic mass is 9.75. The molecule has 8 unspecified atom stereocenters. The zero-order valence-corrected chi connectivity index (χ0v) is 12.3. The van der Waals surface area contributed by atoms with E-state index in [0.717, 1.165) is 47.3 Å². The third-order valence-electron chi connectivity index (χ3n) is 7.74. The van der Waals surface area contributed by atoms with Crippen LogP contribution in [0.25, 0.3) is 0 Å². The summed E-state index contributed by atoms with van der Waals surface area (Å²) in [5.74, 6) is 8.91. The largest absolute Gasteiger partial charge is 0.0622 e. The lowest BCUT2D eigenvalue weighted by Crippen LogP contribution is -2.23. The molecule has 4 rings (SSSR count). The second kappa shape index (κ2) is 4.25. The van der Waals surface area contributed by atoms with E-state index in [1.165, 1.54) is 0 Å². The van der Waals surface area contributed by atoms with Gasteiger partial charge in [0.25, 0.3) is 0 Å². The third-order valence-corrected chi connectivity index (χ3v) is 7.74. The molecule has 0 heteroatoms. The smallest absolute Gasteiger partial charge is 0.0349 e. The molecule has 0 aromatic rings. The van der Waals surface area contributed by atoms with Crippen LogP contribution in [-0.4, -0.2) is 0 Å². The average molecular weight is 246 g/mol. The fourth-order valence-corrected chi connectivity index (χ4v) is 7.02. The number of hydrogen-bond acceptors (Lipinski definition) is 0. The summed E-state index contributed by atoms with van der Waals surface area (Å²) in [5, 5.41) is 0. The molecule has 0 nitrogen and oxygen atoms in total. The monoisotopic (exact) mass is 246 g/mol. The van der Waals surface area contributed by atoms with E-state index in [-0.39, 0.29) is 0 Å². The van der Waals surface area contributed by atoms with Crippen molar-refractivity contribution in [2.75, 3.05) is 0 Å². The van der Waals surface area contributed by atoms with Crippen molar-refractivity contribution in [3.8, 4) is 0 Å². The van der Waals surface area contributed by atoms with E-state index >= 15 is 0 Å². The molecule has 0 bridgehead atoms. The van der Waals surface area contributed by atoms with Crippen LogP contribution in [0.1, 0.15) is 65.2 Å². The molecule has 8 atom stereocenters. The molecule has 4 fully saturated rings. The zero-order valence-electron chi connectivity index (χ0n) is 12.3. The highest BCUT2D eigenvalue weighted by molar-refractivity contribution is 5.01. The van der Waals surface area contributed by atoms with Crippen LogP contribution >= 0.6 is 0 Å². The van der Waals surface area contributed by atoms with Crippen molar-refractivity contribution < 1.29 is 0 Å². The van der Waals surface area contributed by atoms with E-state index in [1.807, 2.05) is 0 Å². The molecule has 4 aliphatic carbocycles. The molecule has 0 saturated heterocycles. The van der Waals surface area contributed by atoms with Gasteiger partial charge in [-0.3, -0.25) is 0 Å². The first-order valence-corrected chi connectivity index (χ1v) is 8.75. The Morgan fingerprint density at radius 1 is 0.611 bits per heavy atom. The van der Waals surface area contributed by atoms with Crippen molar-refractivity contribution >= 4 is 0 Å². The maximum absolute atomic E-state index is 2.62. The van der Waals surface area contributed by atoms with E-state index in [4.69, 9.17) is 0 Å². The van der Waals surface area contributed by atoms with Crippen molar-refractivity contribution in [3.05, 3.63) is 0 Å². The van der Waals surface area contributed by atoms with Gasteiger partial charge in [0.2, 0.25) is 0 Å². The summed E-state index contributed by atoms with van der Waals surface area (Å²) in [6.45, 7) is 5.18. The fraction of sp³-hybridized carbons (Fsp3) is 1.00. The van der Waals surface area contributed by atoms with Gasteiger partial charge in [-0.2, -0.15) is 0 Å². The van der Waals surface area contributed by atoms with Gasteiger partial charge in [0.15, 0.2) is 0 Å². The fourth-order valence-electron chi connectivity index (χ4n) is 7.02. The second-order valence-electron chi connectivity index (χ2n) is 8.25. The van der Waals surface area contributed by atoms with Gasteiger partial charge in [-0.05, 0) is 79.4 Å². The minimum absolute atomic E-state index is 1.05. The Morgan fingerprint density at radius 3 is 2.17 bits per heavy atom. The van der Waals surface area contributed by atoms with Gasteiger partial charge in [0.05, 0.1) is 0 Å². The van der Waals surface area contributed by atoms with E-state index in [2.05, 4.69) is 13.8 Å². The quantitative estimate of drug-likeness (QED) is 0.601. The Labute approximate surface area is 113 Å². The van der Waals surface area contributed by atoms with Gasteiger partial charge in [0, 0.05) is 0 Å². The highest BCUT2D eigenvalue weighted by atomic mass is 14.6. The molecule has 4 aliphatic rings. The molecule has 0 spiro atoms. The van der Waals surface area contributed by atoms with Gasteiger partial charge in [0.1, 0.15) is 0 Å². The summed E-state index contributed by atoms with van der Waals surface area (Å²) < 4.78 is 0. The lowest BCUT2D eigenvalue weighted by Gasteiger charge is -2.30. The number of fused-ring (bicyclic) bond motifs is 2. The Hall–Kier alpha value is 0. The molecule has 102 valence electrons. The third kappa shape index (κ3) is 1.56. The van der Waals surface area contributed by atoms with Crippen LogP contribution in [0, 0.1) is 47.3 Å². The summed E-state index contributed by atoms with van der Waals surface area (Å²) in [7, 11) is 0. The highest BCUT2D eigenvalue weighted by Gasteiger charge is 2.52. The van der Waals surface area contributed by atoms with Crippen molar-refractivity contribution in [1.29, 1.82) is 0 Å². The van der Waals surface area contributed by atoms with Gasteiger partial charge in [-0.1, -0.05) is 33.1 Å². The second-order valence-corrected chi connectivity index (χ2v) is 8.25. The summed E-state index contributed by atoms with van der Waals surface area (Å²) in [5.41, 5.74) is 0. The van der Waals surface area contributed by atoms with Crippen LogP contribution in [0.3, 0.4) is 0 Å². The summed E-state index contributed by atoms with van der Waals surface area (Å²) in [6, 6.07) is 0. The van der Waals surface area contributed by atoms with Crippen LogP contribution < -0.4 is 0 Å². The lowest BCUT2D eigenvalue weighted by molar-refractivity contribution is 0.188. The first kappa shape index (κ1) is 11.8. The zero-order chi connectivity index (χ0) is 12.3. The molecule has 0 aromatic heterocycles. The Bertz CT molecular complexity index is 320. The minimum Gasteiger partial charge on any atom is -0.0622 e. The molecule has 0 aliphatic heterocycles. The van der Waals surface area contributed by atoms with Gasteiger partial charge < -0.3 is 0 Å². The highest BCUT2D eigenvalue weighted by Crippen LogP contribution is 2.60. The predicted octanol–water partition coefficient (Wildman–Crippen LogP) is 5.13. The van der Waals surface area contributed by atoms with E-state index in [0.29, 0.717) is 0 Å². The van der Waals surface area contributed by atoms with Crippen LogP contribution in [0.5, 0.6) is 0 Å². The maximum Gasteiger partial charge on any atom is -0.0349 e. The van der Waals surface area contributed by atoms with E-state index in [9.17, 15) is 0 Å². The van der Waals surface area contributed by atoms with Crippen molar-refractivity contribution in [2.45, 2.75) is 65.2 Å². The van der Waals surface area contributed by atoms with Crippen molar-refractivity contribution in [2.24, 2.45) is 47.3 Å². The number of hydrogen-bond donors (Lipinski definition) is 0. The van der Waals surface area contributed by atoms with Crippen LogP contribution in [0.15, 0.2) is 0 Å². The Morgan fingerprint density at radius 2 is 1.33 bits per heavy atom. The maximum atomic E-state index is 2.62. The van der Waals surface area contributed by atoms with Crippen molar-refractivity contribution in [3.63, 3.8) is 0 Å². The van der Waals surface area contributed by atoms with Crippen LogP contribution in [0.4, 0.5) is 0 Å². The van der Waals surface area contributed by atoms with E-state index in [1.54, 1.807) is 51.4 Å². The standard InChI is InChI=1S/C18H30/c1-11-9-18(16-8-4-6-14(11)16)17-10-13-5-3-7-15(13)12(17)2/h11-18H,3-10H2,1-2H3. The topological polar surface area (TPSA) is 0 Å². The van der Waals surface area contributed by atoms with Gasteiger partial charge in [-0.25, -0.2) is 0 Å². The molecule has 0 aromatic carbocycles. The first-order valence-electron chi connectivity index (χ1n) is 8.75. The Kier molecular flexibility index (Phi) is 2.79. The summed E-state index contributed by atoms with van der Waals surface area (Å²) >= 11 is 0. The first-order chi connectivity index (χ1) is 8.75. The predicted molar refractivity (Wildman–Crippen MR) is 76.2 cm³/mol. The van der Waals surface area contributed by atoms with Crippen LogP contribution in [0.2, 0.25) is 0 Å². The molecular formula is C18H30. The minimum atomic E-state index is 1.05. The SMILES string of the molecule is CC1CC(C2CC3CCCC3C2C)C2CCCC12. The molecule has 4 saturated carbocycles. The number of rotatable bonds is 1. The molecule has 0 radical (unpaired) electrons. The molecular weight excluding hydrogens is 216 g/mol. The molecule has 0 heterocycles. The summed E-state index contributed by atoms with van der Waals surface area (Å²) in [6.07, 6.45) is 12.6. The Balaban J connectivity index is 1.54. The van der Waals surface area contributed by atoms with Crippen LogP contribution in [-0.2, 0) is 0 Å². The van der Waals surface area contributed by atoms with Crippen molar-refractivity contribution in [1.82, 2.24) is 0 Å². The molecule has 0 amide bonds. The van der Waals surface area contributed by atoms with E-state index < -0.39 is 0 Å². The normalized spacial score (nSPS) is 59.0. The average Bonchev–Trinajstić information content (AvgIpc) is 3.04.